The topological polar surface area (TPSA) is 53.6 Å². The van der Waals surface area contributed by atoms with Gasteiger partial charge in [-0.25, -0.2) is 0 Å². The highest BCUT2D eigenvalue weighted by atomic mass is 16.5. The lowest BCUT2D eigenvalue weighted by molar-refractivity contribution is -0.127. The molecule has 2 N–H and O–H groups in total. The predicted molar refractivity (Wildman–Crippen MR) is 83.4 cm³/mol. The molecule has 5 nitrogen and oxygen atoms in total. The first-order valence-corrected chi connectivity index (χ1v) is 7.68. The van der Waals surface area contributed by atoms with Crippen molar-refractivity contribution in [2.75, 3.05) is 32.8 Å². The minimum atomic E-state index is -0.102. The van der Waals surface area contributed by atoms with Gasteiger partial charge in [0.05, 0.1) is 6.61 Å². The van der Waals surface area contributed by atoms with Crippen LogP contribution in [-0.4, -0.2) is 49.6 Å². The van der Waals surface area contributed by atoms with Crippen LogP contribution in [0.15, 0.2) is 24.3 Å². The number of carbonyl (C=O) groups is 1. The van der Waals surface area contributed by atoms with Gasteiger partial charge in [-0.05, 0) is 31.5 Å². The van der Waals surface area contributed by atoms with E-state index in [2.05, 4.69) is 27.7 Å². The largest absolute Gasteiger partial charge is 0.494 e. The molecule has 1 aromatic carbocycles. The van der Waals surface area contributed by atoms with E-state index in [-0.39, 0.29) is 11.9 Å². The highest BCUT2D eigenvalue weighted by Crippen LogP contribution is 2.16. The van der Waals surface area contributed by atoms with Crippen molar-refractivity contribution in [3.05, 3.63) is 29.8 Å². The Morgan fingerprint density at radius 3 is 3.10 bits per heavy atom. The van der Waals surface area contributed by atoms with Crippen LogP contribution in [0.2, 0.25) is 0 Å². The molecule has 1 unspecified atom stereocenters. The van der Waals surface area contributed by atoms with Crippen molar-refractivity contribution in [3.63, 3.8) is 0 Å². The van der Waals surface area contributed by atoms with Crippen molar-refractivity contribution in [2.24, 2.45) is 0 Å². The van der Waals surface area contributed by atoms with Gasteiger partial charge in [0, 0.05) is 32.7 Å². The zero-order valence-corrected chi connectivity index (χ0v) is 12.9. The number of nitrogens with one attached hydrogen (secondary N) is 2. The van der Waals surface area contributed by atoms with Crippen molar-refractivity contribution >= 4 is 5.91 Å². The lowest BCUT2D eigenvalue weighted by Gasteiger charge is -2.35. The van der Waals surface area contributed by atoms with Gasteiger partial charge in [0.25, 0.3) is 0 Å². The average Bonchev–Trinajstić information content (AvgIpc) is 2.49. The van der Waals surface area contributed by atoms with E-state index in [0.29, 0.717) is 19.7 Å². The van der Waals surface area contributed by atoms with Crippen molar-refractivity contribution in [1.82, 2.24) is 15.5 Å². The Kier molecular flexibility index (Phi) is 6.02. The van der Waals surface area contributed by atoms with E-state index >= 15 is 0 Å². The molecular weight excluding hydrogens is 266 g/mol. The van der Waals surface area contributed by atoms with Gasteiger partial charge in [-0.15, -0.1) is 0 Å². The Bertz CT molecular complexity index is 465. The molecule has 2 rings (SSSR count). The Morgan fingerprint density at radius 1 is 1.48 bits per heavy atom. The minimum Gasteiger partial charge on any atom is -0.494 e. The van der Waals surface area contributed by atoms with Crippen molar-refractivity contribution < 1.29 is 9.53 Å². The fraction of sp³-hybridized carbons (Fsp3) is 0.562. The van der Waals surface area contributed by atoms with E-state index in [4.69, 9.17) is 4.74 Å². The highest BCUT2D eigenvalue weighted by Gasteiger charge is 2.28. The number of carbonyl (C=O) groups excluding carboxylic acids is 1. The maximum absolute atomic E-state index is 12.2. The van der Waals surface area contributed by atoms with Crippen molar-refractivity contribution in [1.29, 1.82) is 0 Å². The zero-order chi connectivity index (χ0) is 15.1. The number of piperazine rings is 1. The molecule has 1 fully saturated rings. The molecule has 1 saturated heterocycles. The summed E-state index contributed by atoms with van der Waals surface area (Å²) < 4.78 is 5.54. The molecule has 1 aliphatic rings. The normalized spacial score (nSPS) is 19.2. The number of ether oxygens (including phenoxy) is 1. The van der Waals surface area contributed by atoms with Gasteiger partial charge in [0.15, 0.2) is 0 Å². The molecule has 1 atom stereocenters. The fourth-order valence-corrected chi connectivity index (χ4v) is 2.62. The van der Waals surface area contributed by atoms with E-state index in [9.17, 15) is 4.79 Å². The summed E-state index contributed by atoms with van der Waals surface area (Å²) in [4.78, 5) is 14.4. The summed E-state index contributed by atoms with van der Waals surface area (Å²) in [5.74, 6) is 0.991. The molecule has 0 aliphatic carbocycles. The van der Waals surface area contributed by atoms with Crippen LogP contribution in [0.5, 0.6) is 5.75 Å². The average molecular weight is 291 g/mol. The standard InChI is InChI=1S/C16H25N3O2/c1-3-18-16(20)15-11-17-8-9-19(15)12-13-6-5-7-14(10-13)21-4-2/h5-7,10,15,17H,3-4,8-9,11-12H2,1-2H3,(H,18,20). The predicted octanol–water partition coefficient (Wildman–Crippen LogP) is 0.995. The lowest BCUT2D eigenvalue weighted by Crippen LogP contribution is -2.57. The monoisotopic (exact) mass is 291 g/mol. The highest BCUT2D eigenvalue weighted by molar-refractivity contribution is 5.82. The second kappa shape index (κ2) is 8.00. The quantitative estimate of drug-likeness (QED) is 0.821. The maximum Gasteiger partial charge on any atom is 0.238 e. The summed E-state index contributed by atoms with van der Waals surface area (Å²) in [5.41, 5.74) is 1.18. The van der Waals surface area contributed by atoms with Gasteiger partial charge in [0.1, 0.15) is 11.8 Å². The summed E-state index contributed by atoms with van der Waals surface area (Å²) in [6, 6.07) is 8.00. The molecule has 0 spiro atoms. The van der Waals surface area contributed by atoms with E-state index in [0.717, 1.165) is 25.4 Å². The number of benzene rings is 1. The molecule has 0 saturated carbocycles. The SMILES string of the molecule is CCNC(=O)C1CNCCN1Cc1cccc(OCC)c1. The third-order valence-corrected chi connectivity index (χ3v) is 3.60. The Labute approximate surface area is 126 Å². The van der Waals surface area contributed by atoms with Gasteiger partial charge in [-0.1, -0.05) is 12.1 Å². The molecular formula is C16H25N3O2. The summed E-state index contributed by atoms with van der Waals surface area (Å²) in [6.07, 6.45) is 0. The molecule has 1 aromatic rings. The molecule has 21 heavy (non-hydrogen) atoms. The van der Waals surface area contributed by atoms with Crippen molar-refractivity contribution in [3.8, 4) is 5.75 Å². The van der Waals surface area contributed by atoms with Gasteiger partial charge >= 0.3 is 0 Å². The molecule has 1 amide bonds. The van der Waals surface area contributed by atoms with Crippen LogP contribution in [-0.2, 0) is 11.3 Å². The molecule has 1 heterocycles. The second-order valence-electron chi connectivity index (χ2n) is 5.17. The lowest BCUT2D eigenvalue weighted by atomic mass is 10.1. The van der Waals surface area contributed by atoms with Gasteiger partial charge in [-0.2, -0.15) is 0 Å². The first kappa shape index (κ1) is 15.8. The summed E-state index contributed by atoms with van der Waals surface area (Å²) >= 11 is 0. The van der Waals surface area contributed by atoms with Crippen LogP contribution in [0.4, 0.5) is 0 Å². The van der Waals surface area contributed by atoms with Gasteiger partial charge in [0.2, 0.25) is 5.91 Å². The van der Waals surface area contributed by atoms with Crippen LogP contribution < -0.4 is 15.4 Å². The second-order valence-corrected chi connectivity index (χ2v) is 5.17. The Morgan fingerprint density at radius 2 is 2.33 bits per heavy atom. The van der Waals surface area contributed by atoms with E-state index in [1.807, 2.05) is 26.0 Å². The number of amides is 1. The molecule has 0 radical (unpaired) electrons. The zero-order valence-electron chi connectivity index (χ0n) is 12.9. The van der Waals surface area contributed by atoms with Crippen LogP contribution in [0.25, 0.3) is 0 Å². The third kappa shape index (κ3) is 4.44. The van der Waals surface area contributed by atoms with Crippen LogP contribution in [0.1, 0.15) is 19.4 Å². The number of hydrogen-bond acceptors (Lipinski definition) is 4. The van der Waals surface area contributed by atoms with E-state index in [1.165, 1.54) is 5.56 Å². The van der Waals surface area contributed by atoms with Gasteiger partial charge in [-0.3, -0.25) is 9.69 Å². The maximum atomic E-state index is 12.2. The number of nitrogens with zero attached hydrogens (tertiary/aromatic N) is 1. The fourth-order valence-electron chi connectivity index (χ4n) is 2.62. The molecule has 1 aliphatic heterocycles. The van der Waals surface area contributed by atoms with E-state index in [1.54, 1.807) is 0 Å². The number of rotatable bonds is 6. The van der Waals surface area contributed by atoms with Crippen LogP contribution >= 0.6 is 0 Å². The number of hydrogen-bond donors (Lipinski definition) is 2. The Hall–Kier alpha value is -1.59. The van der Waals surface area contributed by atoms with Crippen LogP contribution in [0, 0.1) is 0 Å². The van der Waals surface area contributed by atoms with E-state index < -0.39 is 0 Å². The molecule has 116 valence electrons. The first-order chi connectivity index (χ1) is 10.2. The summed E-state index contributed by atoms with van der Waals surface area (Å²) in [5, 5.41) is 6.21. The molecule has 0 aromatic heterocycles. The smallest absolute Gasteiger partial charge is 0.238 e. The van der Waals surface area contributed by atoms with Crippen molar-refractivity contribution in [2.45, 2.75) is 26.4 Å². The summed E-state index contributed by atoms with van der Waals surface area (Å²) in [6.45, 7) is 8.53. The van der Waals surface area contributed by atoms with Crippen LogP contribution in [0.3, 0.4) is 0 Å². The first-order valence-electron chi connectivity index (χ1n) is 7.68. The van der Waals surface area contributed by atoms with Gasteiger partial charge < -0.3 is 15.4 Å². The molecule has 0 bridgehead atoms. The minimum absolute atomic E-state index is 0.102. The number of likely N-dealkylation sites (N-methyl/N-ethyl adjacent to an activating group) is 1. The third-order valence-electron chi connectivity index (χ3n) is 3.60. The Balaban J connectivity index is 2.04. The molecule has 5 heteroatoms. The summed E-state index contributed by atoms with van der Waals surface area (Å²) in [7, 11) is 0.